The highest BCUT2D eigenvalue weighted by Crippen LogP contribution is 2.18. The summed E-state index contributed by atoms with van der Waals surface area (Å²) < 4.78 is 1.22. The van der Waals surface area contributed by atoms with E-state index in [0.29, 0.717) is 0 Å². The molecule has 1 aliphatic heterocycles. The SMILES string of the molecule is CCCC1CCCN1C.CCI. The molecule has 1 unspecified atom stereocenters. The molecule has 0 bridgehead atoms. The lowest BCUT2D eigenvalue weighted by atomic mass is 10.1. The molecule has 1 saturated heterocycles. The van der Waals surface area contributed by atoms with Crippen LogP contribution in [0.3, 0.4) is 0 Å². The quantitative estimate of drug-likeness (QED) is 0.555. The Balaban J connectivity index is 0.000000354. The van der Waals surface area contributed by atoms with E-state index in [0.717, 1.165) is 6.04 Å². The largest absolute Gasteiger partial charge is 0.303 e. The molecule has 2 heteroatoms. The minimum absolute atomic E-state index is 0.912. The Morgan fingerprint density at radius 1 is 1.42 bits per heavy atom. The van der Waals surface area contributed by atoms with Crippen molar-refractivity contribution in [1.82, 2.24) is 4.90 Å². The molecule has 1 heterocycles. The van der Waals surface area contributed by atoms with Crippen molar-refractivity contribution >= 4 is 22.6 Å². The van der Waals surface area contributed by atoms with E-state index in [9.17, 15) is 0 Å². The molecule has 1 rings (SSSR count). The highest BCUT2D eigenvalue weighted by molar-refractivity contribution is 14.1. The van der Waals surface area contributed by atoms with Gasteiger partial charge in [-0.15, -0.1) is 0 Å². The Bertz CT molecular complexity index is 95.8. The maximum atomic E-state index is 2.49. The zero-order valence-corrected chi connectivity index (χ0v) is 10.8. The third-order valence-corrected chi connectivity index (χ3v) is 2.29. The summed E-state index contributed by atoms with van der Waals surface area (Å²) >= 11 is 2.29. The van der Waals surface area contributed by atoms with E-state index in [1.807, 2.05) is 0 Å². The van der Waals surface area contributed by atoms with Crippen LogP contribution in [0, 0.1) is 0 Å². The zero-order chi connectivity index (χ0) is 9.40. The van der Waals surface area contributed by atoms with Crippen molar-refractivity contribution in [3.05, 3.63) is 0 Å². The molecule has 1 fully saturated rings. The number of likely N-dealkylation sites (tertiary alicyclic amines) is 1. The molecule has 0 aromatic rings. The summed E-state index contributed by atoms with van der Waals surface area (Å²) in [7, 11) is 2.24. The Kier molecular flexibility index (Phi) is 8.77. The third kappa shape index (κ3) is 5.36. The van der Waals surface area contributed by atoms with Crippen molar-refractivity contribution < 1.29 is 0 Å². The lowest BCUT2D eigenvalue weighted by molar-refractivity contribution is 0.295. The maximum absolute atomic E-state index is 2.49. The molecule has 0 amide bonds. The summed E-state index contributed by atoms with van der Waals surface area (Å²) in [5.74, 6) is 0. The second-order valence-corrected chi connectivity index (χ2v) is 4.86. The summed E-state index contributed by atoms with van der Waals surface area (Å²) in [5.41, 5.74) is 0. The topological polar surface area (TPSA) is 3.24 Å². The average Bonchev–Trinajstić information content (AvgIpc) is 2.39. The molecule has 1 nitrogen and oxygen atoms in total. The van der Waals surface area contributed by atoms with Gasteiger partial charge in [-0.25, -0.2) is 0 Å². The van der Waals surface area contributed by atoms with Crippen LogP contribution in [-0.2, 0) is 0 Å². The molecule has 0 radical (unpaired) electrons. The van der Waals surface area contributed by atoms with E-state index in [4.69, 9.17) is 0 Å². The van der Waals surface area contributed by atoms with Gasteiger partial charge in [-0.3, -0.25) is 0 Å². The predicted octanol–water partition coefficient (Wildman–Crippen LogP) is 3.32. The first-order valence-electron chi connectivity index (χ1n) is 5.02. The van der Waals surface area contributed by atoms with E-state index in [1.54, 1.807) is 0 Å². The van der Waals surface area contributed by atoms with E-state index >= 15 is 0 Å². The van der Waals surface area contributed by atoms with Gasteiger partial charge in [0.2, 0.25) is 0 Å². The van der Waals surface area contributed by atoms with Crippen LogP contribution in [0.1, 0.15) is 39.5 Å². The summed E-state index contributed by atoms with van der Waals surface area (Å²) in [6.07, 6.45) is 5.59. The fourth-order valence-electron chi connectivity index (χ4n) is 1.68. The van der Waals surface area contributed by atoms with Gasteiger partial charge in [-0.1, -0.05) is 42.9 Å². The highest BCUT2D eigenvalue weighted by Gasteiger charge is 2.18. The van der Waals surface area contributed by atoms with Crippen molar-refractivity contribution in [2.45, 2.75) is 45.6 Å². The van der Waals surface area contributed by atoms with Crippen LogP contribution in [0.15, 0.2) is 0 Å². The first kappa shape index (κ1) is 12.7. The molecule has 12 heavy (non-hydrogen) atoms. The van der Waals surface area contributed by atoms with Crippen LogP contribution in [0.25, 0.3) is 0 Å². The van der Waals surface area contributed by atoms with Gasteiger partial charge in [-0.2, -0.15) is 0 Å². The predicted molar refractivity (Wildman–Crippen MR) is 65.1 cm³/mol. The number of nitrogens with zero attached hydrogens (tertiary/aromatic N) is 1. The van der Waals surface area contributed by atoms with Crippen molar-refractivity contribution in [3.8, 4) is 0 Å². The molecule has 0 aromatic carbocycles. The Labute approximate surface area is 91.0 Å². The van der Waals surface area contributed by atoms with Gasteiger partial charge in [-0.05, 0) is 37.3 Å². The Morgan fingerprint density at radius 3 is 2.33 bits per heavy atom. The van der Waals surface area contributed by atoms with Crippen molar-refractivity contribution in [2.75, 3.05) is 18.0 Å². The minimum atomic E-state index is 0.912. The van der Waals surface area contributed by atoms with Gasteiger partial charge in [0.05, 0.1) is 0 Å². The average molecular weight is 283 g/mol. The lowest BCUT2D eigenvalue weighted by Crippen LogP contribution is -2.24. The van der Waals surface area contributed by atoms with E-state index in [2.05, 4.69) is 48.4 Å². The van der Waals surface area contributed by atoms with Crippen molar-refractivity contribution in [2.24, 2.45) is 0 Å². The number of hydrogen-bond donors (Lipinski definition) is 0. The van der Waals surface area contributed by atoms with Crippen molar-refractivity contribution in [3.63, 3.8) is 0 Å². The van der Waals surface area contributed by atoms with E-state index < -0.39 is 0 Å². The van der Waals surface area contributed by atoms with Gasteiger partial charge in [0, 0.05) is 6.04 Å². The third-order valence-electron chi connectivity index (χ3n) is 2.29. The molecule has 0 aromatic heterocycles. The number of halogens is 1. The first-order chi connectivity index (χ1) is 5.76. The Hall–Kier alpha value is 0.690. The second kappa shape index (κ2) is 8.30. The minimum Gasteiger partial charge on any atom is -0.303 e. The van der Waals surface area contributed by atoms with Crippen LogP contribution < -0.4 is 0 Å². The smallest absolute Gasteiger partial charge is 0.00925 e. The molecule has 0 aliphatic carbocycles. The van der Waals surface area contributed by atoms with Gasteiger partial charge < -0.3 is 4.90 Å². The van der Waals surface area contributed by atoms with Gasteiger partial charge in [0.25, 0.3) is 0 Å². The van der Waals surface area contributed by atoms with E-state index in [1.165, 1.54) is 36.7 Å². The molecular weight excluding hydrogens is 261 g/mol. The maximum Gasteiger partial charge on any atom is 0.00925 e. The van der Waals surface area contributed by atoms with Crippen LogP contribution in [0.5, 0.6) is 0 Å². The number of alkyl halides is 1. The summed E-state index contributed by atoms with van der Waals surface area (Å²) in [4.78, 5) is 2.49. The molecule has 0 saturated carbocycles. The number of rotatable bonds is 2. The van der Waals surface area contributed by atoms with E-state index in [-0.39, 0.29) is 0 Å². The van der Waals surface area contributed by atoms with Crippen molar-refractivity contribution in [1.29, 1.82) is 0 Å². The second-order valence-electron chi connectivity index (χ2n) is 3.33. The van der Waals surface area contributed by atoms with Crippen LogP contribution in [-0.4, -0.2) is 29.0 Å². The fourth-order valence-corrected chi connectivity index (χ4v) is 1.68. The molecule has 74 valence electrons. The van der Waals surface area contributed by atoms with Gasteiger partial charge in [0.15, 0.2) is 0 Å². The summed E-state index contributed by atoms with van der Waals surface area (Å²) in [5, 5.41) is 0. The molecule has 1 aliphatic rings. The highest BCUT2D eigenvalue weighted by atomic mass is 127. The Morgan fingerprint density at radius 2 is 2.00 bits per heavy atom. The molecule has 0 N–H and O–H groups in total. The van der Waals surface area contributed by atoms with Crippen LogP contribution in [0.2, 0.25) is 0 Å². The summed E-state index contributed by atoms with van der Waals surface area (Å²) in [6.45, 7) is 5.71. The fraction of sp³-hybridized carbons (Fsp3) is 1.00. The monoisotopic (exact) mass is 283 g/mol. The summed E-state index contributed by atoms with van der Waals surface area (Å²) in [6, 6.07) is 0.912. The number of hydrogen-bond acceptors (Lipinski definition) is 1. The molecule has 1 atom stereocenters. The first-order valence-corrected chi connectivity index (χ1v) is 6.55. The zero-order valence-electron chi connectivity index (χ0n) is 8.65. The molecular formula is C10H22IN. The van der Waals surface area contributed by atoms with Crippen LogP contribution >= 0.6 is 22.6 Å². The van der Waals surface area contributed by atoms with Gasteiger partial charge >= 0.3 is 0 Å². The van der Waals surface area contributed by atoms with Crippen LogP contribution in [0.4, 0.5) is 0 Å². The van der Waals surface area contributed by atoms with Gasteiger partial charge in [0.1, 0.15) is 0 Å². The normalized spacial score (nSPS) is 23.5. The standard InChI is InChI=1S/C8H17N.C2H5I/c1-3-5-8-6-4-7-9(8)2;1-2-3/h8H,3-7H2,1-2H3;2H2,1H3. The lowest BCUT2D eigenvalue weighted by Gasteiger charge is -2.17. The molecule has 0 spiro atoms.